The van der Waals surface area contributed by atoms with Gasteiger partial charge in [0.15, 0.2) is 0 Å². The molecule has 1 spiro atoms. The number of ketones is 1. The number of fused-ring (bicyclic) bond motifs is 2. The lowest BCUT2D eigenvalue weighted by atomic mass is 9.42. The molecule has 0 N–H and O–H groups in total. The SMILES string of the molecule is CC1(C)C(=O)C(C)(C)C12SC[C@H]1C(=O)N(c3ccccc3)C(=O)[C@H]12. The molecule has 4 nitrogen and oxygen atoms in total. The highest BCUT2D eigenvalue weighted by atomic mass is 32.2. The lowest BCUT2D eigenvalue weighted by Crippen LogP contribution is -2.75. The first-order valence-corrected chi connectivity index (χ1v) is 9.28. The van der Waals surface area contributed by atoms with Crippen LogP contribution in [0.5, 0.6) is 0 Å². The lowest BCUT2D eigenvalue weighted by Gasteiger charge is -2.65. The summed E-state index contributed by atoms with van der Waals surface area (Å²) in [7, 11) is 0. The Morgan fingerprint density at radius 1 is 0.958 bits per heavy atom. The van der Waals surface area contributed by atoms with E-state index in [1.807, 2.05) is 45.9 Å². The van der Waals surface area contributed by atoms with Crippen molar-refractivity contribution in [2.45, 2.75) is 32.4 Å². The second-order valence-electron chi connectivity index (χ2n) is 8.06. The molecule has 1 saturated carbocycles. The summed E-state index contributed by atoms with van der Waals surface area (Å²) in [6, 6.07) is 9.10. The van der Waals surface area contributed by atoms with E-state index in [0.717, 1.165) is 0 Å². The Morgan fingerprint density at radius 2 is 1.54 bits per heavy atom. The summed E-state index contributed by atoms with van der Waals surface area (Å²) in [5.74, 6) is -0.214. The Morgan fingerprint density at radius 3 is 2.12 bits per heavy atom. The number of carbonyl (C=O) groups excluding carboxylic acids is 3. The zero-order chi connectivity index (χ0) is 17.5. The third kappa shape index (κ3) is 1.46. The van der Waals surface area contributed by atoms with Gasteiger partial charge in [-0.05, 0) is 12.1 Å². The highest BCUT2D eigenvalue weighted by molar-refractivity contribution is 8.01. The van der Waals surface area contributed by atoms with Crippen LogP contribution in [0.15, 0.2) is 30.3 Å². The Hall–Kier alpha value is -1.62. The van der Waals surface area contributed by atoms with Gasteiger partial charge in [0.25, 0.3) is 0 Å². The molecule has 4 rings (SSSR count). The second kappa shape index (κ2) is 4.51. The second-order valence-corrected chi connectivity index (χ2v) is 9.32. The number of para-hydroxylation sites is 1. The molecule has 0 radical (unpaired) electrons. The van der Waals surface area contributed by atoms with Gasteiger partial charge >= 0.3 is 0 Å². The van der Waals surface area contributed by atoms with Crippen LogP contribution in [0, 0.1) is 22.7 Å². The minimum atomic E-state index is -0.594. The topological polar surface area (TPSA) is 54.5 Å². The van der Waals surface area contributed by atoms with Crippen LogP contribution in [0.2, 0.25) is 0 Å². The van der Waals surface area contributed by atoms with Crippen molar-refractivity contribution < 1.29 is 14.4 Å². The molecule has 1 aromatic rings. The van der Waals surface area contributed by atoms with Gasteiger partial charge in [0.2, 0.25) is 11.8 Å². The van der Waals surface area contributed by atoms with E-state index in [0.29, 0.717) is 11.4 Å². The number of anilines is 1. The van der Waals surface area contributed by atoms with E-state index >= 15 is 0 Å². The number of thioether (sulfide) groups is 1. The molecule has 0 aromatic heterocycles. The van der Waals surface area contributed by atoms with E-state index in [-0.39, 0.29) is 23.5 Å². The number of amides is 2. The maximum Gasteiger partial charge on any atom is 0.239 e. The quantitative estimate of drug-likeness (QED) is 0.736. The number of nitrogens with zero attached hydrogens (tertiary/aromatic N) is 1. The normalized spacial score (nSPS) is 32.2. The Labute approximate surface area is 146 Å². The summed E-state index contributed by atoms with van der Waals surface area (Å²) in [5.41, 5.74) is -0.560. The molecule has 0 bridgehead atoms. The number of carbonyl (C=O) groups is 3. The molecule has 0 unspecified atom stereocenters. The molecule has 2 heterocycles. The van der Waals surface area contributed by atoms with Crippen molar-refractivity contribution in [2.75, 3.05) is 10.7 Å². The van der Waals surface area contributed by atoms with Crippen LogP contribution in [0.1, 0.15) is 27.7 Å². The first-order chi connectivity index (χ1) is 11.2. The van der Waals surface area contributed by atoms with E-state index < -0.39 is 21.5 Å². The largest absolute Gasteiger partial charge is 0.298 e. The fraction of sp³-hybridized carbons (Fsp3) is 0.526. The fourth-order valence-electron chi connectivity index (χ4n) is 5.47. The molecular formula is C19H21NO3S. The average Bonchev–Trinajstić information content (AvgIpc) is 3.07. The number of benzene rings is 1. The number of imide groups is 1. The van der Waals surface area contributed by atoms with E-state index in [2.05, 4.69) is 0 Å². The van der Waals surface area contributed by atoms with E-state index in [9.17, 15) is 14.4 Å². The molecular weight excluding hydrogens is 322 g/mol. The summed E-state index contributed by atoms with van der Waals surface area (Å²) in [6.07, 6.45) is 0. The molecule has 1 aliphatic carbocycles. The van der Waals surface area contributed by atoms with Gasteiger partial charge in [-0.15, -0.1) is 0 Å². The molecule has 126 valence electrons. The maximum absolute atomic E-state index is 13.3. The highest BCUT2D eigenvalue weighted by Crippen LogP contribution is 2.74. The number of hydrogen-bond donors (Lipinski definition) is 0. The van der Waals surface area contributed by atoms with Crippen LogP contribution in [0.3, 0.4) is 0 Å². The van der Waals surface area contributed by atoms with E-state index in [1.54, 1.807) is 23.9 Å². The van der Waals surface area contributed by atoms with Gasteiger partial charge in [0.05, 0.1) is 22.3 Å². The Bertz CT molecular complexity index is 750. The highest BCUT2D eigenvalue weighted by Gasteiger charge is 2.81. The Kier molecular flexibility index (Phi) is 2.98. The van der Waals surface area contributed by atoms with Crippen molar-refractivity contribution in [1.29, 1.82) is 0 Å². The molecule has 2 amide bonds. The summed E-state index contributed by atoms with van der Waals surface area (Å²) < 4.78 is -0.502. The van der Waals surface area contributed by atoms with Crippen molar-refractivity contribution in [3.8, 4) is 0 Å². The van der Waals surface area contributed by atoms with Gasteiger partial charge in [0, 0.05) is 16.6 Å². The van der Waals surface area contributed by atoms with Gasteiger partial charge in [0.1, 0.15) is 5.78 Å². The maximum atomic E-state index is 13.3. The summed E-state index contributed by atoms with van der Waals surface area (Å²) >= 11 is 1.66. The molecule has 2 atom stereocenters. The molecule has 2 saturated heterocycles. The molecule has 1 aromatic carbocycles. The van der Waals surface area contributed by atoms with Gasteiger partial charge in [-0.2, -0.15) is 11.8 Å². The monoisotopic (exact) mass is 343 g/mol. The third-order valence-corrected chi connectivity index (χ3v) is 8.62. The summed E-state index contributed by atoms with van der Waals surface area (Å²) in [5, 5.41) is 0. The number of hydrogen-bond acceptors (Lipinski definition) is 4. The molecule has 24 heavy (non-hydrogen) atoms. The predicted octanol–water partition coefficient (Wildman–Crippen LogP) is 2.91. The third-order valence-electron chi connectivity index (χ3n) is 6.36. The molecule has 5 heteroatoms. The van der Waals surface area contributed by atoms with E-state index in [4.69, 9.17) is 0 Å². The van der Waals surface area contributed by atoms with Crippen molar-refractivity contribution in [3.05, 3.63) is 30.3 Å². The smallest absolute Gasteiger partial charge is 0.239 e. The number of rotatable bonds is 1. The van der Waals surface area contributed by atoms with Crippen LogP contribution in [0.25, 0.3) is 0 Å². The standard InChI is InChI=1S/C19H21NO3S/c1-17(2)16(23)18(3,4)19(17)13-12(10-24-19)14(21)20(15(13)22)11-8-6-5-7-9-11/h5-9,12-13H,10H2,1-4H3/t12-,13+/m1/s1. The van der Waals surface area contributed by atoms with Crippen LogP contribution < -0.4 is 4.90 Å². The first-order valence-electron chi connectivity index (χ1n) is 8.29. The van der Waals surface area contributed by atoms with Crippen molar-refractivity contribution in [1.82, 2.24) is 0 Å². The Balaban J connectivity index is 1.82. The fourth-order valence-corrected chi connectivity index (χ4v) is 7.60. The van der Waals surface area contributed by atoms with Crippen LogP contribution in [0.4, 0.5) is 5.69 Å². The molecule has 3 aliphatic rings. The summed E-state index contributed by atoms with van der Waals surface area (Å²) in [4.78, 5) is 40.2. The first kappa shape index (κ1) is 15.9. The average molecular weight is 343 g/mol. The van der Waals surface area contributed by atoms with E-state index in [1.165, 1.54) is 4.90 Å². The molecule has 2 aliphatic heterocycles. The van der Waals surface area contributed by atoms with Gasteiger partial charge in [-0.1, -0.05) is 45.9 Å². The van der Waals surface area contributed by atoms with Crippen molar-refractivity contribution >= 4 is 35.0 Å². The van der Waals surface area contributed by atoms with Gasteiger partial charge in [-0.25, -0.2) is 4.90 Å². The molecule has 3 fully saturated rings. The van der Waals surface area contributed by atoms with Crippen LogP contribution in [-0.4, -0.2) is 28.1 Å². The van der Waals surface area contributed by atoms with Crippen molar-refractivity contribution in [3.63, 3.8) is 0 Å². The minimum absolute atomic E-state index is 0.119. The zero-order valence-electron chi connectivity index (χ0n) is 14.3. The van der Waals surface area contributed by atoms with Crippen LogP contribution in [-0.2, 0) is 14.4 Å². The van der Waals surface area contributed by atoms with Gasteiger partial charge < -0.3 is 0 Å². The lowest BCUT2D eigenvalue weighted by molar-refractivity contribution is -0.166. The number of Topliss-reactive ketones (excluding diaryl/α,β-unsaturated/α-hetero) is 1. The van der Waals surface area contributed by atoms with Gasteiger partial charge in [-0.3, -0.25) is 14.4 Å². The van der Waals surface area contributed by atoms with Crippen molar-refractivity contribution in [2.24, 2.45) is 22.7 Å². The summed E-state index contributed by atoms with van der Waals surface area (Å²) in [6.45, 7) is 7.72. The minimum Gasteiger partial charge on any atom is -0.298 e. The predicted molar refractivity (Wildman–Crippen MR) is 93.7 cm³/mol. The van der Waals surface area contributed by atoms with Crippen LogP contribution >= 0.6 is 11.8 Å². The zero-order valence-corrected chi connectivity index (χ0v) is 15.1.